The van der Waals surface area contributed by atoms with Crippen LogP contribution < -0.4 is 10.5 Å². The van der Waals surface area contributed by atoms with E-state index >= 15 is 0 Å². The Balaban J connectivity index is 2.14. The molecule has 1 saturated carbocycles. The lowest BCUT2D eigenvalue weighted by Gasteiger charge is -2.30. The summed E-state index contributed by atoms with van der Waals surface area (Å²) in [5.74, 6) is 1.55. The molecule has 1 fully saturated rings. The minimum absolute atomic E-state index is 0.194. The highest BCUT2D eigenvalue weighted by molar-refractivity contribution is 5.38. The van der Waals surface area contributed by atoms with Crippen LogP contribution in [0.3, 0.4) is 0 Å². The van der Waals surface area contributed by atoms with Crippen molar-refractivity contribution in [1.29, 1.82) is 0 Å². The lowest BCUT2D eigenvalue weighted by Crippen LogP contribution is -2.41. The van der Waals surface area contributed by atoms with Crippen LogP contribution in [-0.2, 0) is 0 Å². The van der Waals surface area contributed by atoms with E-state index in [1.54, 1.807) is 0 Å². The molecule has 18 heavy (non-hydrogen) atoms. The van der Waals surface area contributed by atoms with Crippen LogP contribution in [0, 0.1) is 6.92 Å². The summed E-state index contributed by atoms with van der Waals surface area (Å²) in [7, 11) is 0. The third kappa shape index (κ3) is 3.05. The smallest absolute Gasteiger partial charge is 0.122 e. The van der Waals surface area contributed by atoms with Crippen molar-refractivity contribution in [1.82, 2.24) is 0 Å². The van der Waals surface area contributed by atoms with E-state index in [2.05, 4.69) is 39.0 Å². The summed E-state index contributed by atoms with van der Waals surface area (Å²) in [5, 5.41) is 0. The fourth-order valence-electron chi connectivity index (χ4n) is 2.54. The van der Waals surface area contributed by atoms with E-state index in [0.29, 0.717) is 5.92 Å². The van der Waals surface area contributed by atoms with E-state index < -0.39 is 0 Å². The first kappa shape index (κ1) is 13.4. The Kier molecular flexibility index (Phi) is 4.28. The van der Waals surface area contributed by atoms with E-state index in [1.807, 2.05) is 0 Å². The molecule has 1 aromatic carbocycles. The molecule has 2 unspecified atom stereocenters. The fraction of sp³-hybridized carbons (Fsp3) is 0.625. The first-order valence-electron chi connectivity index (χ1n) is 7.10. The second-order valence-corrected chi connectivity index (χ2v) is 5.78. The number of hydrogen-bond donors (Lipinski definition) is 1. The minimum atomic E-state index is 0.194. The van der Waals surface area contributed by atoms with Gasteiger partial charge in [0.2, 0.25) is 0 Å². The first-order valence-corrected chi connectivity index (χ1v) is 7.10. The maximum absolute atomic E-state index is 6.16. The number of nitrogens with two attached hydrogens (primary N) is 1. The van der Waals surface area contributed by atoms with Gasteiger partial charge in [-0.05, 0) is 49.3 Å². The normalized spacial score (nSPS) is 24.3. The topological polar surface area (TPSA) is 35.2 Å². The largest absolute Gasteiger partial charge is 0.489 e. The van der Waals surface area contributed by atoms with Gasteiger partial charge in [0.1, 0.15) is 11.9 Å². The van der Waals surface area contributed by atoms with Gasteiger partial charge in [-0.3, -0.25) is 0 Å². The average molecular weight is 247 g/mol. The van der Waals surface area contributed by atoms with Crippen molar-refractivity contribution in [2.45, 2.75) is 64.5 Å². The molecular weight excluding hydrogens is 222 g/mol. The zero-order valence-electron chi connectivity index (χ0n) is 11.8. The molecule has 1 aliphatic carbocycles. The summed E-state index contributed by atoms with van der Waals surface area (Å²) in [6.07, 6.45) is 4.85. The molecule has 0 aliphatic heterocycles. The van der Waals surface area contributed by atoms with Gasteiger partial charge < -0.3 is 10.5 Å². The van der Waals surface area contributed by atoms with E-state index in [4.69, 9.17) is 10.5 Å². The highest BCUT2D eigenvalue weighted by atomic mass is 16.5. The lowest BCUT2D eigenvalue weighted by atomic mass is 9.93. The van der Waals surface area contributed by atoms with Crippen LogP contribution in [0.4, 0.5) is 0 Å². The number of hydrogen-bond acceptors (Lipinski definition) is 2. The SMILES string of the molecule is Cc1ccc(C(C)C)cc1OC1CCCCC1N. The van der Waals surface area contributed by atoms with Crippen LogP contribution in [0.25, 0.3) is 0 Å². The Morgan fingerprint density at radius 3 is 2.61 bits per heavy atom. The zero-order chi connectivity index (χ0) is 13.1. The van der Waals surface area contributed by atoms with Gasteiger partial charge in [-0.25, -0.2) is 0 Å². The standard InChI is InChI=1S/C16H25NO/c1-11(2)13-9-8-12(3)16(10-13)18-15-7-5-4-6-14(15)17/h8-11,14-15H,4-7,17H2,1-3H3. The number of ether oxygens (including phenoxy) is 1. The molecule has 0 radical (unpaired) electrons. The molecule has 1 aliphatic rings. The van der Waals surface area contributed by atoms with Gasteiger partial charge in [0.15, 0.2) is 0 Å². The van der Waals surface area contributed by atoms with E-state index in [1.165, 1.54) is 24.0 Å². The predicted octanol–water partition coefficient (Wildman–Crippen LogP) is 3.77. The summed E-state index contributed by atoms with van der Waals surface area (Å²) in [4.78, 5) is 0. The maximum Gasteiger partial charge on any atom is 0.122 e. The summed E-state index contributed by atoms with van der Waals surface area (Å²) < 4.78 is 6.16. The van der Waals surface area contributed by atoms with Crippen molar-refractivity contribution in [2.24, 2.45) is 5.73 Å². The van der Waals surface area contributed by atoms with Crippen LogP contribution in [0.15, 0.2) is 18.2 Å². The summed E-state index contributed by atoms with van der Waals surface area (Å²) in [5.41, 5.74) is 8.69. The molecule has 0 amide bonds. The van der Waals surface area contributed by atoms with Crippen molar-refractivity contribution in [2.75, 3.05) is 0 Å². The highest BCUT2D eigenvalue weighted by Crippen LogP contribution is 2.28. The van der Waals surface area contributed by atoms with Crippen molar-refractivity contribution < 1.29 is 4.74 Å². The third-order valence-electron chi connectivity index (χ3n) is 3.91. The Hall–Kier alpha value is -1.02. The molecule has 1 aromatic rings. The molecule has 2 N–H and O–H groups in total. The van der Waals surface area contributed by atoms with Crippen molar-refractivity contribution in [3.05, 3.63) is 29.3 Å². The molecule has 0 aromatic heterocycles. The van der Waals surface area contributed by atoms with Gasteiger partial charge in [0.25, 0.3) is 0 Å². The second-order valence-electron chi connectivity index (χ2n) is 5.78. The molecule has 0 saturated heterocycles. The van der Waals surface area contributed by atoms with Crippen molar-refractivity contribution in [3.63, 3.8) is 0 Å². The van der Waals surface area contributed by atoms with Gasteiger partial charge in [0.05, 0.1) is 0 Å². The molecule has 0 bridgehead atoms. The number of rotatable bonds is 3. The Bertz CT molecular complexity index is 400. The van der Waals surface area contributed by atoms with Crippen LogP contribution in [0.2, 0.25) is 0 Å². The van der Waals surface area contributed by atoms with Gasteiger partial charge in [0, 0.05) is 6.04 Å². The van der Waals surface area contributed by atoms with E-state index in [0.717, 1.165) is 18.6 Å². The molecule has 2 nitrogen and oxygen atoms in total. The van der Waals surface area contributed by atoms with Gasteiger partial charge in [-0.1, -0.05) is 32.4 Å². The van der Waals surface area contributed by atoms with E-state index in [-0.39, 0.29) is 12.1 Å². The van der Waals surface area contributed by atoms with Gasteiger partial charge in [-0.15, -0.1) is 0 Å². The van der Waals surface area contributed by atoms with Crippen molar-refractivity contribution >= 4 is 0 Å². The van der Waals surface area contributed by atoms with Gasteiger partial charge >= 0.3 is 0 Å². The maximum atomic E-state index is 6.16. The fourth-order valence-corrected chi connectivity index (χ4v) is 2.54. The molecular formula is C16H25NO. The molecule has 2 rings (SSSR count). The van der Waals surface area contributed by atoms with Crippen molar-refractivity contribution in [3.8, 4) is 5.75 Å². The Labute approximate surface area is 111 Å². The molecule has 0 heterocycles. The first-order chi connectivity index (χ1) is 8.58. The number of aryl methyl sites for hydroxylation is 1. The minimum Gasteiger partial charge on any atom is -0.489 e. The average Bonchev–Trinajstić information content (AvgIpc) is 2.34. The summed E-state index contributed by atoms with van der Waals surface area (Å²) in [6.45, 7) is 6.52. The summed E-state index contributed by atoms with van der Waals surface area (Å²) in [6, 6.07) is 6.72. The second kappa shape index (κ2) is 5.75. The molecule has 2 atom stereocenters. The van der Waals surface area contributed by atoms with Crippen LogP contribution in [0.5, 0.6) is 5.75 Å². The van der Waals surface area contributed by atoms with E-state index in [9.17, 15) is 0 Å². The van der Waals surface area contributed by atoms with Crippen LogP contribution in [0.1, 0.15) is 56.6 Å². The zero-order valence-corrected chi connectivity index (χ0v) is 11.8. The monoisotopic (exact) mass is 247 g/mol. The lowest BCUT2D eigenvalue weighted by molar-refractivity contribution is 0.131. The molecule has 2 heteroatoms. The number of benzene rings is 1. The molecule has 100 valence electrons. The van der Waals surface area contributed by atoms with Crippen LogP contribution >= 0.6 is 0 Å². The van der Waals surface area contributed by atoms with Crippen LogP contribution in [-0.4, -0.2) is 12.1 Å². The predicted molar refractivity (Wildman–Crippen MR) is 76.1 cm³/mol. The Morgan fingerprint density at radius 2 is 1.94 bits per heavy atom. The Morgan fingerprint density at radius 1 is 1.22 bits per heavy atom. The quantitative estimate of drug-likeness (QED) is 0.882. The highest BCUT2D eigenvalue weighted by Gasteiger charge is 2.23. The molecule has 0 spiro atoms. The summed E-state index contributed by atoms with van der Waals surface area (Å²) >= 11 is 0. The van der Waals surface area contributed by atoms with Gasteiger partial charge in [-0.2, -0.15) is 0 Å². The third-order valence-corrected chi connectivity index (χ3v) is 3.91.